The van der Waals surface area contributed by atoms with Crippen molar-refractivity contribution in [1.82, 2.24) is 67.0 Å². The van der Waals surface area contributed by atoms with Crippen LogP contribution in [0.25, 0.3) is 0 Å². The summed E-state index contributed by atoms with van der Waals surface area (Å²) in [7, 11) is 8.40. The minimum Gasteiger partial charge on any atom is -0.458 e. The fourth-order valence-corrected chi connectivity index (χ4v) is 11.8. The molecule has 3 unspecified atom stereocenters. The number of ether oxygens (including phenoxy) is 2. The topological polar surface area (TPSA) is 370 Å². The molecule has 1 aliphatic rings. The normalized spacial score (nSPS) is 24.8. The average Bonchev–Trinajstić information content (AvgIpc) is 0.834. The Kier molecular flexibility index (Phi) is 39.1. The van der Waals surface area contributed by atoms with Gasteiger partial charge in [0, 0.05) is 81.2 Å². The van der Waals surface area contributed by atoms with Gasteiger partial charge in [-0.15, -0.1) is 0 Å². The van der Waals surface area contributed by atoms with E-state index in [1.54, 1.807) is 55.4 Å². The summed E-state index contributed by atoms with van der Waals surface area (Å²) < 4.78 is 11.1. The van der Waals surface area contributed by atoms with Crippen LogP contribution in [0.1, 0.15) is 182 Å². The summed E-state index contributed by atoms with van der Waals surface area (Å²) in [6, 6.07) is -12.2. The summed E-state index contributed by atoms with van der Waals surface area (Å²) in [4.78, 5) is 205. The van der Waals surface area contributed by atoms with Gasteiger partial charge in [0.15, 0.2) is 0 Å². The molecule has 1 fully saturated rings. The second-order valence-corrected chi connectivity index (χ2v) is 28.8. The molecule has 99 heavy (non-hydrogen) atoms. The lowest BCUT2D eigenvalue weighted by Gasteiger charge is -2.37. The lowest BCUT2D eigenvalue weighted by molar-refractivity contribution is -0.163. The summed E-state index contributed by atoms with van der Waals surface area (Å²) in [5, 5.41) is 21.9. The Morgan fingerprint density at radius 2 is 0.990 bits per heavy atom. The zero-order valence-corrected chi connectivity index (χ0v) is 63.9. The van der Waals surface area contributed by atoms with Crippen LogP contribution in [-0.2, 0) is 76.6 Å². The monoisotopic (exact) mass is 1400 g/mol. The number of nitrogens with zero attached hydrogens (tertiary/aromatic N) is 5. The minimum absolute atomic E-state index is 0.0609. The molecule has 0 saturated carbocycles. The molecule has 0 spiro atoms. The van der Waals surface area contributed by atoms with Gasteiger partial charge in [-0.1, -0.05) is 130 Å². The maximum Gasteiger partial charge on any atom is 0.329 e. The third kappa shape index (κ3) is 27.9. The summed E-state index contributed by atoms with van der Waals surface area (Å²) in [6.45, 7) is 30.3. The Morgan fingerprint density at radius 3 is 1.42 bits per heavy atom. The Balaban J connectivity index is 4.18. The first-order valence-electron chi connectivity index (χ1n) is 35.4. The molecule has 0 radical (unpaired) electrons. The average molecular weight is 1400 g/mol. The van der Waals surface area contributed by atoms with E-state index in [1.807, 2.05) is 55.4 Å². The Morgan fingerprint density at radius 1 is 0.556 bits per heavy atom. The number of rotatable bonds is 21. The molecule has 0 bridgehead atoms. The number of carbonyl (C=O) groups is 14. The first-order valence-corrected chi connectivity index (χ1v) is 35.4. The number of cyclic esters (lactones) is 1. The third-order valence-electron chi connectivity index (χ3n) is 18.5. The molecule has 8 N–H and O–H groups in total. The predicted molar refractivity (Wildman–Crippen MR) is 375 cm³/mol. The van der Waals surface area contributed by atoms with Gasteiger partial charge in [-0.05, 0) is 80.5 Å². The summed E-state index contributed by atoms with van der Waals surface area (Å²) >= 11 is 0. The lowest BCUT2D eigenvalue weighted by Crippen LogP contribution is -2.61. The number of likely N-dealkylation sites (N-methyl/N-ethyl adjacent to an activating group) is 5. The molecule has 29 nitrogen and oxygen atoms in total. The fourth-order valence-electron chi connectivity index (χ4n) is 11.8. The molecule has 0 aromatic heterocycles. The molecule has 1 saturated heterocycles. The van der Waals surface area contributed by atoms with Crippen molar-refractivity contribution in [3.05, 3.63) is 0 Å². The van der Waals surface area contributed by atoms with Gasteiger partial charge in [0.25, 0.3) is 0 Å². The van der Waals surface area contributed by atoms with Crippen LogP contribution in [0.15, 0.2) is 0 Å². The van der Waals surface area contributed by atoms with Gasteiger partial charge in [0.05, 0.1) is 0 Å². The van der Waals surface area contributed by atoms with E-state index in [9.17, 15) is 67.1 Å². The molecule has 0 aliphatic carbocycles. The maximum absolute atomic E-state index is 14.8. The molecule has 0 aromatic rings. The van der Waals surface area contributed by atoms with Crippen LogP contribution < -0.4 is 42.5 Å². The first kappa shape index (κ1) is 89.6. The van der Waals surface area contributed by atoms with Gasteiger partial charge in [0.2, 0.25) is 76.8 Å². The number of hydrogen-bond acceptors (Lipinski definition) is 16. The molecule has 14 atom stereocenters. The van der Waals surface area contributed by atoms with E-state index in [0.29, 0.717) is 19.3 Å². The highest BCUT2D eigenvalue weighted by atomic mass is 16.5. The number of carbonyl (C=O) groups excluding carboxylic acids is 14. The van der Waals surface area contributed by atoms with E-state index in [-0.39, 0.29) is 76.1 Å². The number of amides is 13. The Labute approximate surface area is 589 Å². The molecule has 1 rings (SSSR count). The molecule has 29 heteroatoms. The van der Waals surface area contributed by atoms with Crippen molar-refractivity contribution in [2.45, 2.75) is 249 Å². The molecule has 1 aliphatic heterocycles. The van der Waals surface area contributed by atoms with Crippen molar-refractivity contribution in [2.24, 2.45) is 47.3 Å². The molecule has 13 amide bonds. The van der Waals surface area contributed by atoms with Crippen molar-refractivity contribution in [3.8, 4) is 0 Å². The van der Waals surface area contributed by atoms with E-state index >= 15 is 0 Å². The van der Waals surface area contributed by atoms with Gasteiger partial charge in [-0.2, -0.15) is 0 Å². The van der Waals surface area contributed by atoms with Crippen LogP contribution in [-0.4, -0.2) is 242 Å². The Hall–Kier alpha value is -7.46. The van der Waals surface area contributed by atoms with Crippen molar-refractivity contribution in [3.63, 3.8) is 0 Å². The molecular formula is C70H125N13O16. The highest BCUT2D eigenvalue weighted by Gasteiger charge is 2.43. The van der Waals surface area contributed by atoms with Crippen LogP contribution in [0.4, 0.5) is 0 Å². The predicted octanol–water partition coefficient (Wildman–Crippen LogP) is 2.26. The number of esters is 1. The third-order valence-corrected chi connectivity index (χ3v) is 18.5. The zero-order valence-electron chi connectivity index (χ0n) is 63.9. The second kappa shape index (κ2) is 43.3. The van der Waals surface area contributed by atoms with E-state index < -0.39 is 185 Å². The lowest BCUT2D eigenvalue weighted by atomic mass is 9.94. The van der Waals surface area contributed by atoms with Crippen LogP contribution >= 0.6 is 0 Å². The highest BCUT2D eigenvalue weighted by molar-refractivity contribution is 5.97. The van der Waals surface area contributed by atoms with Crippen LogP contribution in [0, 0.1) is 47.3 Å². The SMILES string of the molecule is CCC(C)[C@H]1C(=O)NCCC(=O)N[C@H](C(C)CC)C(=O)N(C)[C@@H](C(C)C)C(=O)N(C)[C@@H](C)C(=O)NCCC(=O)N[C@H](CC(C)C)C(=O)N(C)[C@H](C(C)CC)C(=O)O[C@H](C)[C@H](NC(=O)[C@H](CC(C)C)N(C)C(=O)[C@@H](NC(=O)COC)C(C)C)C(=O)NCCC(=O)N[C@H](CC(C)C)C(=O)N1C. The molecule has 566 valence electrons. The summed E-state index contributed by atoms with van der Waals surface area (Å²) in [5.74, 6) is -12.4. The highest BCUT2D eigenvalue weighted by Crippen LogP contribution is 2.24. The van der Waals surface area contributed by atoms with E-state index in [2.05, 4.69) is 42.5 Å². The van der Waals surface area contributed by atoms with E-state index in [0.717, 1.165) is 4.90 Å². The second-order valence-electron chi connectivity index (χ2n) is 28.8. The summed E-state index contributed by atoms with van der Waals surface area (Å²) in [5.41, 5.74) is 0. The minimum atomic E-state index is -1.73. The van der Waals surface area contributed by atoms with Crippen molar-refractivity contribution >= 4 is 82.8 Å². The van der Waals surface area contributed by atoms with Crippen molar-refractivity contribution in [2.75, 3.05) is 68.6 Å². The quantitative estimate of drug-likeness (QED) is 0.0764. The fraction of sp³-hybridized carbons (Fsp3) is 0.800. The number of nitrogens with one attached hydrogen (secondary N) is 8. The smallest absolute Gasteiger partial charge is 0.329 e. The van der Waals surface area contributed by atoms with E-state index in [1.165, 1.54) is 75.8 Å². The number of hydrogen-bond donors (Lipinski definition) is 8. The number of methoxy groups -OCH3 is 1. The van der Waals surface area contributed by atoms with Crippen LogP contribution in [0.2, 0.25) is 0 Å². The standard InChI is InChI=1S/C70H125N13O16/c1-25-43(14)56-68(95)81(21)58(42(12)13)69(96)79(19)46(17)61(88)71-31-28-51(84)75-49(35-39(6)7)66(93)83(23)60(45(16)27-3)70(97)99-47(18)57(78-62(89)50(36-40(8)9)80(20)67(94)55(41(10)11)77-54(87)37-98-24)63(90)72-32-29-52(85)74-48(34-38(4)5)65(92)82(22)59(44(15)26-2)64(91)73-33-30-53(86)76-56/h38-50,55-60H,25-37H2,1-24H3,(H,71,88)(H,72,90)(H,73,91)(H,74,85)(H,75,84)(H,76,86)(H,77,87)(H,78,89)/t43?,44?,45?,46-,47+,48+,49+,50-,55-,56+,57-,58-,59-,60+/m0/s1. The molecule has 0 aromatic carbocycles. The molecule has 1 heterocycles. The zero-order chi connectivity index (χ0) is 76.2. The Bertz CT molecular complexity index is 2730. The van der Waals surface area contributed by atoms with Crippen molar-refractivity contribution in [1.29, 1.82) is 0 Å². The molecular weight excluding hydrogens is 1280 g/mol. The van der Waals surface area contributed by atoms with Gasteiger partial charge >= 0.3 is 5.97 Å². The first-order chi connectivity index (χ1) is 46.1. The van der Waals surface area contributed by atoms with Gasteiger partial charge in [-0.25, -0.2) is 4.79 Å². The van der Waals surface area contributed by atoms with Crippen LogP contribution in [0.5, 0.6) is 0 Å². The van der Waals surface area contributed by atoms with Crippen molar-refractivity contribution < 1.29 is 76.6 Å². The maximum atomic E-state index is 14.8. The van der Waals surface area contributed by atoms with Gasteiger partial charge in [-0.3, -0.25) is 62.3 Å². The van der Waals surface area contributed by atoms with Gasteiger partial charge in [0.1, 0.15) is 73.1 Å². The summed E-state index contributed by atoms with van der Waals surface area (Å²) in [6.07, 6.45) is -0.987. The van der Waals surface area contributed by atoms with Crippen LogP contribution in [0.3, 0.4) is 0 Å². The van der Waals surface area contributed by atoms with Gasteiger partial charge < -0.3 is 76.5 Å². The van der Waals surface area contributed by atoms with E-state index in [4.69, 9.17) is 9.47 Å². The largest absolute Gasteiger partial charge is 0.458 e.